The summed E-state index contributed by atoms with van der Waals surface area (Å²) in [5.41, 5.74) is 3.21. The Morgan fingerprint density at radius 1 is 1.17 bits per heavy atom. The summed E-state index contributed by atoms with van der Waals surface area (Å²) in [4.78, 5) is 0. The van der Waals surface area contributed by atoms with Gasteiger partial charge in [0, 0.05) is 11.4 Å². The van der Waals surface area contributed by atoms with Gasteiger partial charge in [0.15, 0.2) is 0 Å². The normalized spacial score (nSPS) is 17.3. The molecule has 3 rings (SSSR count). The first-order chi connectivity index (χ1) is 8.76. The van der Waals surface area contributed by atoms with Gasteiger partial charge < -0.3 is 9.84 Å². The monoisotopic (exact) mass is 260 g/mol. The molecule has 0 spiro atoms. The lowest BCUT2D eigenvalue weighted by molar-refractivity contribution is 0.238. The average Bonchev–Trinajstić information content (AvgIpc) is 2.82. The molecule has 18 heavy (non-hydrogen) atoms. The summed E-state index contributed by atoms with van der Waals surface area (Å²) in [6, 6.07) is 13.6. The summed E-state index contributed by atoms with van der Waals surface area (Å²) in [5, 5.41) is 9.86. The molecule has 1 aliphatic rings. The van der Waals surface area contributed by atoms with Crippen molar-refractivity contribution in [2.45, 2.75) is 19.1 Å². The van der Waals surface area contributed by atoms with E-state index in [2.05, 4.69) is 0 Å². The molecule has 1 aliphatic heterocycles. The van der Waals surface area contributed by atoms with E-state index in [9.17, 15) is 0 Å². The van der Waals surface area contributed by atoms with E-state index in [-0.39, 0.29) is 12.7 Å². The molecule has 1 heterocycles. The highest BCUT2D eigenvalue weighted by Crippen LogP contribution is 2.37. The minimum atomic E-state index is 0.0474. The van der Waals surface area contributed by atoms with Crippen molar-refractivity contribution in [1.82, 2.24) is 0 Å². The van der Waals surface area contributed by atoms with Gasteiger partial charge in [-0.2, -0.15) is 0 Å². The lowest BCUT2D eigenvalue weighted by atomic mass is 10.0. The SMILES string of the molecule is OCc1ccc2c(c1)C[C@@H](c1ccc(Cl)cc1)O2. The van der Waals surface area contributed by atoms with Crippen molar-refractivity contribution in [1.29, 1.82) is 0 Å². The first-order valence-electron chi connectivity index (χ1n) is 5.91. The highest BCUT2D eigenvalue weighted by Gasteiger charge is 2.24. The molecule has 3 heteroatoms. The molecule has 0 amide bonds. The van der Waals surface area contributed by atoms with E-state index in [4.69, 9.17) is 21.4 Å². The molecule has 0 saturated heterocycles. The third kappa shape index (κ3) is 2.09. The maximum absolute atomic E-state index is 9.13. The third-order valence-corrected chi connectivity index (χ3v) is 3.48. The molecule has 0 aromatic heterocycles. The highest BCUT2D eigenvalue weighted by molar-refractivity contribution is 6.30. The number of fused-ring (bicyclic) bond motifs is 1. The fraction of sp³-hybridized carbons (Fsp3) is 0.200. The largest absolute Gasteiger partial charge is 0.485 e. The number of hydrogen-bond acceptors (Lipinski definition) is 2. The summed E-state index contributed by atoms with van der Waals surface area (Å²) in [7, 11) is 0. The fourth-order valence-electron chi connectivity index (χ4n) is 2.26. The quantitative estimate of drug-likeness (QED) is 0.895. The van der Waals surface area contributed by atoms with Crippen LogP contribution in [0, 0.1) is 0 Å². The van der Waals surface area contributed by atoms with Crippen molar-refractivity contribution >= 4 is 11.6 Å². The van der Waals surface area contributed by atoms with Crippen molar-refractivity contribution in [2.24, 2.45) is 0 Å². The van der Waals surface area contributed by atoms with E-state index in [0.717, 1.165) is 33.9 Å². The lowest BCUT2D eigenvalue weighted by Gasteiger charge is -2.10. The van der Waals surface area contributed by atoms with Crippen molar-refractivity contribution in [3.63, 3.8) is 0 Å². The molecule has 2 aromatic rings. The van der Waals surface area contributed by atoms with Crippen LogP contribution >= 0.6 is 11.6 Å². The van der Waals surface area contributed by atoms with Crippen LogP contribution in [0.5, 0.6) is 5.75 Å². The molecular weight excluding hydrogens is 248 g/mol. The number of ether oxygens (including phenoxy) is 1. The van der Waals surface area contributed by atoms with Crippen molar-refractivity contribution in [3.8, 4) is 5.75 Å². The van der Waals surface area contributed by atoms with E-state index >= 15 is 0 Å². The second kappa shape index (κ2) is 4.63. The van der Waals surface area contributed by atoms with Gasteiger partial charge >= 0.3 is 0 Å². The van der Waals surface area contributed by atoms with Crippen molar-refractivity contribution in [2.75, 3.05) is 0 Å². The van der Waals surface area contributed by atoms with Crippen molar-refractivity contribution < 1.29 is 9.84 Å². The van der Waals surface area contributed by atoms with E-state index in [0.29, 0.717) is 0 Å². The summed E-state index contributed by atoms with van der Waals surface area (Å²) >= 11 is 5.88. The molecule has 92 valence electrons. The van der Waals surface area contributed by atoms with Gasteiger partial charge in [0.25, 0.3) is 0 Å². The molecule has 1 atom stereocenters. The van der Waals surface area contributed by atoms with Crippen LogP contribution in [0.1, 0.15) is 22.8 Å². The molecule has 0 radical (unpaired) electrons. The number of aliphatic hydroxyl groups excluding tert-OH is 1. The predicted octanol–water partition coefficient (Wildman–Crippen LogP) is 3.51. The van der Waals surface area contributed by atoms with Gasteiger partial charge in [-0.3, -0.25) is 0 Å². The minimum absolute atomic E-state index is 0.0474. The van der Waals surface area contributed by atoms with Gasteiger partial charge in [0.1, 0.15) is 11.9 Å². The Morgan fingerprint density at radius 3 is 2.67 bits per heavy atom. The molecule has 0 fully saturated rings. The maximum atomic E-state index is 9.13. The molecule has 0 aliphatic carbocycles. The van der Waals surface area contributed by atoms with Crippen LogP contribution < -0.4 is 4.74 Å². The van der Waals surface area contributed by atoms with Gasteiger partial charge in [-0.1, -0.05) is 29.8 Å². The zero-order valence-electron chi connectivity index (χ0n) is 9.77. The molecular formula is C15H13ClO2. The summed E-state index contributed by atoms with van der Waals surface area (Å²) in [6.45, 7) is 0.0683. The number of halogens is 1. The van der Waals surface area contributed by atoms with E-state index in [1.807, 2.05) is 42.5 Å². The average molecular weight is 261 g/mol. The summed E-state index contributed by atoms with van der Waals surface area (Å²) in [5.74, 6) is 0.909. The highest BCUT2D eigenvalue weighted by atomic mass is 35.5. The minimum Gasteiger partial charge on any atom is -0.485 e. The van der Waals surface area contributed by atoms with Gasteiger partial charge in [-0.05, 0) is 41.0 Å². The molecule has 0 unspecified atom stereocenters. The zero-order valence-corrected chi connectivity index (χ0v) is 10.5. The van der Waals surface area contributed by atoms with Crippen LogP contribution in [-0.4, -0.2) is 5.11 Å². The Hall–Kier alpha value is -1.51. The van der Waals surface area contributed by atoms with Crippen LogP contribution in [0.2, 0.25) is 5.02 Å². The lowest BCUT2D eigenvalue weighted by Crippen LogP contribution is -2.02. The van der Waals surface area contributed by atoms with Crippen LogP contribution in [0.4, 0.5) is 0 Å². The Kier molecular flexibility index (Phi) is 2.98. The Balaban J connectivity index is 1.86. The zero-order chi connectivity index (χ0) is 12.5. The topological polar surface area (TPSA) is 29.5 Å². The number of benzene rings is 2. The Labute approximate surface area is 111 Å². The van der Waals surface area contributed by atoms with E-state index < -0.39 is 0 Å². The first kappa shape index (κ1) is 11.6. The first-order valence-corrected chi connectivity index (χ1v) is 6.29. The van der Waals surface area contributed by atoms with Crippen LogP contribution in [0.3, 0.4) is 0 Å². The van der Waals surface area contributed by atoms with E-state index in [1.54, 1.807) is 0 Å². The smallest absolute Gasteiger partial charge is 0.128 e. The molecule has 2 nitrogen and oxygen atoms in total. The number of aliphatic hydroxyl groups is 1. The van der Waals surface area contributed by atoms with Crippen LogP contribution in [-0.2, 0) is 13.0 Å². The van der Waals surface area contributed by atoms with Crippen LogP contribution in [0.15, 0.2) is 42.5 Å². The van der Waals surface area contributed by atoms with Gasteiger partial charge in [-0.15, -0.1) is 0 Å². The Morgan fingerprint density at radius 2 is 1.94 bits per heavy atom. The fourth-order valence-corrected chi connectivity index (χ4v) is 2.39. The molecule has 0 saturated carbocycles. The standard InChI is InChI=1S/C15H13ClO2/c16-13-4-2-11(3-5-13)15-8-12-7-10(9-17)1-6-14(12)18-15/h1-7,15,17H,8-9H2/t15-/m0/s1. The molecule has 1 N–H and O–H groups in total. The van der Waals surface area contributed by atoms with E-state index in [1.165, 1.54) is 0 Å². The van der Waals surface area contributed by atoms with Gasteiger partial charge in [0.2, 0.25) is 0 Å². The Bertz CT molecular complexity index is 563. The summed E-state index contributed by atoms with van der Waals surface area (Å²) < 4.78 is 5.91. The maximum Gasteiger partial charge on any atom is 0.128 e. The second-order valence-corrected chi connectivity index (χ2v) is 4.90. The molecule has 0 bridgehead atoms. The van der Waals surface area contributed by atoms with Crippen LogP contribution in [0.25, 0.3) is 0 Å². The second-order valence-electron chi connectivity index (χ2n) is 4.46. The summed E-state index contributed by atoms with van der Waals surface area (Å²) in [6.07, 6.45) is 0.886. The van der Waals surface area contributed by atoms with Gasteiger partial charge in [-0.25, -0.2) is 0 Å². The van der Waals surface area contributed by atoms with Gasteiger partial charge in [0.05, 0.1) is 6.61 Å². The third-order valence-electron chi connectivity index (χ3n) is 3.22. The number of rotatable bonds is 2. The number of hydrogen-bond donors (Lipinski definition) is 1. The molecule has 2 aromatic carbocycles. The van der Waals surface area contributed by atoms with Crippen molar-refractivity contribution in [3.05, 3.63) is 64.2 Å². The predicted molar refractivity (Wildman–Crippen MR) is 70.9 cm³/mol.